The predicted molar refractivity (Wildman–Crippen MR) is 117 cm³/mol. The van der Waals surface area contributed by atoms with E-state index >= 15 is 0 Å². The van der Waals surface area contributed by atoms with E-state index in [1.807, 2.05) is 6.07 Å². The quantitative estimate of drug-likeness (QED) is 0.622. The highest BCUT2D eigenvalue weighted by Gasteiger charge is 2.31. The van der Waals surface area contributed by atoms with Crippen LogP contribution in [0.15, 0.2) is 48.2 Å². The van der Waals surface area contributed by atoms with E-state index in [2.05, 4.69) is 38.9 Å². The number of piperazine rings is 1. The fourth-order valence-electron chi connectivity index (χ4n) is 4.05. The Bertz CT molecular complexity index is 1140. The van der Waals surface area contributed by atoms with Crippen LogP contribution in [0, 0.1) is 11.2 Å². The number of nitrogens with one attached hydrogen (secondary N) is 2. The number of aliphatic hydroxyl groups is 1. The number of imidazole rings is 1. The molecule has 0 aliphatic carbocycles. The maximum absolute atomic E-state index is 13.2. The number of fused-ring (bicyclic) bond motifs is 1. The molecule has 5 rings (SSSR count). The summed E-state index contributed by atoms with van der Waals surface area (Å²) in [5.41, 5.74) is 3.82. The Morgan fingerprint density at radius 2 is 1.73 bits per heavy atom. The van der Waals surface area contributed by atoms with Gasteiger partial charge in [-0.15, -0.1) is 0 Å². The summed E-state index contributed by atoms with van der Waals surface area (Å²) in [5, 5.41) is 19.1. The average molecular weight is 406 g/mol. The molecule has 7 nitrogen and oxygen atoms in total. The molecule has 1 aromatic heterocycles. The Kier molecular flexibility index (Phi) is 4.43. The molecule has 8 heteroatoms. The third-order valence-electron chi connectivity index (χ3n) is 5.81. The predicted octanol–water partition coefficient (Wildman–Crippen LogP) is 3.22. The van der Waals surface area contributed by atoms with Crippen LogP contribution < -0.4 is 9.80 Å². The molecular formula is C22H23FN6O. The van der Waals surface area contributed by atoms with Crippen LogP contribution in [0.2, 0.25) is 0 Å². The monoisotopic (exact) mass is 406 g/mol. The minimum atomic E-state index is -0.338. The van der Waals surface area contributed by atoms with Gasteiger partial charge >= 0.3 is 0 Å². The zero-order valence-electron chi connectivity index (χ0n) is 16.7. The van der Waals surface area contributed by atoms with Crippen LogP contribution in [0.25, 0.3) is 16.6 Å². The molecule has 0 atom stereocenters. The standard InChI is InChI=1S/C22H23FN6O/c1-27-8-10-28(11-9-27)16-6-7-17-18(12-16)26-22(25-17)20-19(30)13-29(21(20)24)15-4-2-14(23)3-5-15/h2-7,12,24,30H,8-11,13H2,1H3,(H,25,26). The summed E-state index contributed by atoms with van der Waals surface area (Å²) in [6, 6.07) is 12.0. The van der Waals surface area contributed by atoms with Gasteiger partial charge in [-0.3, -0.25) is 5.41 Å². The maximum Gasteiger partial charge on any atom is 0.145 e. The molecule has 2 aromatic carbocycles. The van der Waals surface area contributed by atoms with Crippen molar-refractivity contribution in [1.82, 2.24) is 14.9 Å². The van der Waals surface area contributed by atoms with Crippen molar-refractivity contribution in [2.75, 3.05) is 49.6 Å². The van der Waals surface area contributed by atoms with E-state index in [-0.39, 0.29) is 24.0 Å². The molecular weight excluding hydrogens is 383 g/mol. The van der Waals surface area contributed by atoms with Crippen molar-refractivity contribution < 1.29 is 9.50 Å². The smallest absolute Gasteiger partial charge is 0.145 e. The van der Waals surface area contributed by atoms with E-state index < -0.39 is 0 Å². The van der Waals surface area contributed by atoms with Crippen LogP contribution >= 0.6 is 0 Å². The van der Waals surface area contributed by atoms with Gasteiger partial charge in [0, 0.05) is 37.6 Å². The molecule has 1 saturated heterocycles. The number of amidine groups is 1. The van der Waals surface area contributed by atoms with E-state index in [9.17, 15) is 9.50 Å². The van der Waals surface area contributed by atoms with Crippen molar-refractivity contribution >= 4 is 33.8 Å². The second-order valence-corrected chi connectivity index (χ2v) is 7.81. The van der Waals surface area contributed by atoms with Gasteiger partial charge in [0.25, 0.3) is 0 Å². The number of aromatic nitrogens is 2. The SMILES string of the molecule is CN1CCN(c2ccc3nc(C4=C(O)CN(c5ccc(F)cc5)C4=N)[nH]c3c2)CC1. The summed E-state index contributed by atoms with van der Waals surface area (Å²) >= 11 is 0. The van der Waals surface area contributed by atoms with Crippen molar-refractivity contribution in [2.45, 2.75) is 0 Å². The van der Waals surface area contributed by atoms with E-state index in [1.54, 1.807) is 17.0 Å². The molecule has 1 fully saturated rings. The minimum Gasteiger partial charge on any atom is -0.509 e. The molecule has 3 N–H and O–H groups in total. The van der Waals surface area contributed by atoms with Gasteiger partial charge in [-0.1, -0.05) is 0 Å². The van der Waals surface area contributed by atoms with Gasteiger partial charge in [0.05, 0.1) is 23.2 Å². The number of aromatic amines is 1. The fraction of sp³-hybridized carbons (Fsp3) is 0.273. The second-order valence-electron chi connectivity index (χ2n) is 7.81. The number of rotatable bonds is 3. The van der Waals surface area contributed by atoms with E-state index in [0.717, 1.165) is 42.9 Å². The number of likely N-dealkylation sites (N-methyl/N-ethyl adjacent to an activating group) is 1. The van der Waals surface area contributed by atoms with E-state index in [1.165, 1.54) is 12.1 Å². The normalized spacial score (nSPS) is 18.1. The first kappa shape index (κ1) is 18.6. The first-order valence-electron chi connectivity index (χ1n) is 9.97. The lowest BCUT2D eigenvalue weighted by molar-refractivity contribution is 0.313. The molecule has 3 heterocycles. The van der Waals surface area contributed by atoms with Crippen LogP contribution in [-0.2, 0) is 0 Å². The molecule has 154 valence electrons. The zero-order valence-corrected chi connectivity index (χ0v) is 16.7. The van der Waals surface area contributed by atoms with Gasteiger partial charge in [-0.05, 0) is 49.5 Å². The summed E-state index contributed by atoms with van der Waals surface area (Å²) in [6.07, 6.45) is 0. The summed E-state index contributed by atoms with van der Waals surface area (Å²) in [4.78, 5) is 14.2. The Hall–Kier alpha value is -3.39. The molecule has 30 heavy (non-hydrogen) atoms. The van der Waals surface area contributed by atoms with Crippen LogP contribution in [0.1, 0.15) is 5.82 Å². The van der Waals surface area contributed by atoms with Crippen molar-refractivity contribution in [3.8, 4) is 0 Å². The van der Waals surface area contributed by atoms with Crippen LogP contribution in [-0.4, -0.2) is 65.6 Å². The number of hydrogen-bond acceptors (Lipinski definition) is 5. The number of halogens is 1. The lowest BCUT2D eigenvalue weighted by Crippen LogP contribution is -2.44. The van der Waals surface area contributed by atoms with Crippen LogP contribution in [0.4, 0.5) is 15.8 Å². The molecule has 2 aliphatic heterocycles. The fourth-order valence-corrected chi connectivity index (χ4v) is 4.05. The molecule has 0 unspecified atom stereocenters. The van der Waals surface area contributed by atoms with Crippen molar-refractivity contribution in [1.29, 1.82) is 5.41 Å². The molecule has 0 amide bonds. The highest BCUT2D eigenvalue weighted by molar-refractivity contribution is 6.30. The Morgan fingerprint density at radius 3 is 2.47 bits per heavy atom. The Balaban J connectivity index is 1.43. The Labute approximate surface area is 173 Å². The average Bonchev–Trinajstić information content (AvgIpc) is 3.28. The molecule has 3 aromatic rings. The highest BCUT2D eigenvalue weighted by atomic mass is 19.1. The number of anilines is 2. The lowest BCUT2D eigenvalue weighted by atomic mass is 10.2. The molecule has 2 aliphatic rings. The number of aliphatic hydroxyl groups excluding tert-OH is 1. The van der Waals surface area contributed by atoms with Crippen LogP contribution in [0.3, 0.4) is 0 Å². The largest absolute Gasteiger partial charge is 0.509 e. The van der Waals surface area contributed by atoms with Gasteiger partial charge in [-0.2, -0.15) is 0 Å². The van der Waals surface area contributed by atoms with Crippen molar-refractivity contribution in [3.05, 3.63) is 59.9 Å². The van der Waals surface area contributed by atoms with Gasteiger partial charge in [0.2, 0.25) is 0 Å². The van der Waals surface area contributed by atoms with Crippen molar-refractivity contribution in [2.24, 2.45) is 0 Å². The van der Waals surface area contributed by atoms with E-state index in [4.69, 9.17) is 5.41 Å². The van der Waals surface area contributed by atoms with Crippen molar-refractivity contribution in [3.63, 3.8) is 0 Å². The molecule has 0 bridgehead atoms. The molecule has 0 saturated carbocycles. The number of benzene rings is 2. The van der Waals surface area contributed by atoms with E-state index in [0.29, 0.717) is 17.1 Å². The molecule has 0 spiro atoms. The summed E-state index contributed by atoms with van der Waals surface area (Å²) in [6.45, 7) is 4.18. The third-order valence-corrected chi connectivity index (χ3v) is 5.81. The van der Waals surface area contributed by atoms with Gasteiger partial charge in [0.15, 0.2) is 0 Å². The first-order chi connectivity index (χ1) is 14.5. The topological polar surface area (TPSA) is 82.5 Å². The lowest BCUT2D eigenvalue weighted by Gasteiger charge is -2.34. The number of H-pyrrole nitrogens is 1. The van der Waals surface area contributed by atoms with Gasteiger partial charge < -0.3 is 24.8 Å². The second kappa shape index (κ2) is 7.14. The first-order valence-corrected chi connectivity index (χ1v) is 9.97. The third kappa shape index (κ3) is 3.19. The number of nitrogens with zero attached hydrogens (tertiary/aromatic N) is 4. The minimum absolute atomic E-state index is 0.0719. The maximum atomic E-state index is 13.2. The summed E-state index contributed by atoms with van der Waals surface area (Å²) in [5.74, 6) is 0.336. The van der Waals surface area contributed by atoms with Gasteiger partial charge in [0.1, 0.15) is 23.2 Å². The summed E-state index contributed by atoms with van der Waals surface area (Å²) < 4.78 is 13.2. The Morgan fingerprint density at radius 1 is 1.03 bits per heavy atom. The summed E-state index contributed by atoms with van der Waals surface area (Å²) in [7, 11) is 2.13. The highest BCUT2D eigenvalue weighted by Crippen LogP contribution is 2.31. The molecule has 0 radical (unpaired) electrons. The van der Waals surface area contributed by atoms with Crippen LogP contribution in [0.5, 0.6) is 0 Å². The zero-order chi connectivity index (χ0) is 20.8. The van der Waals surface area contributed by atoms with Gasteiger partial charge in [-0.25, -0.2) is 9.37 Å². The number of hydrogen-bond donors (Lipinski definition) is 3.